The molecule has 6 rings (SSSR count). The number of alkyl halides is 3. The molecule has 0 unspecified atom stereocenters. The number of anilines is 2. The van der Waals surface area contributed by atoms with Crippen LogP contribution >= 0.6 is 0 Å². The predicted molar refractivity (Wildman–Crippen MR) is 184 cm³/mol. The van der Waals surface area contributed by atoms with E-state index in [9.17, 15) is 26.4 Å². The fraction of sp³-hybridized carbons (Fsp3) is 0.457. The third-order valence-corrected chi connectivity index (χ3v) is 10.3. The first kappa shape index (κ1) is 36.1. The monoisotopic (exact) mass is 726 g/mol. The van der Waals surface area contributed by atoms with Crippen molar-refractivity contribution in [3.63, 3.8) is 0 Å². The summed E-state index contributed by atoms with van der Waals surface area (Å²) in [5.41, 5.74) is -1.29. The van der Waals surface area contributed by atoms with E-state index in [0.29, 0.717) is 44.1 Å². The molecule has 272 valence electrons. The van der Waals surface area contributed by atoms with E-state index in [1.165, 1.54) is 41.1 Å². The highest BCUT2D eigenvalue weighted by atomic mass is 32.2. The zero-order valence-corrected chi connectivity index (χ0v) is 29.8. The molecular formula is C35H41F3N8O4S. The maximum Gasteiger partial charge on any atom is 0.433 e. The molecule has 4 bridgehead atoms. The van der Waals surface area contributed by atoms with E-state index in [-0.39, 0.29) is 34.2 Å². The number of ether oxygens (including phenoxy) is 1. The number of fused-ring (bicyclic) bond motifs is 6. The van der Waals surface area contributed by atoms with Crippen molar-refractivity contribution in [1.29, 1.82) is 0 Å². The van der Waals surface area contributed by atoms with Gasteiger partial charge >= 0.3 is 6.18 Å². The summed E-state index contributed by atoms with van der Waals surface area (Å²) in [4.78, 5) is 28.8. The number of nitrogens with one attached hydrogen (secondary N) is 2. The Kier molecular flexibility index (Phi) is 9.50. The lowest BCUT2D eigenvalue weighted by Gasteiger charge is -2.34. The van der Waals surface area contributed by atoms with Crippen molar-refractivity contribution in [2.45, 2.75) is 83.1 Å². The number of hydrogen-bond donors (Lipinski definition) is 2. The molecule has 51 heavy (non-hydrogen) atoms. The van der Waals surface area contributed by atoms with Crippen molar-refractivity contribution < 1.29 is 31.1 Å². The topological polar surface area (TPSA) is 144 Å². The summed E-state index contributed by atoms with van der Waals surface area (Å²) >= 11 is 0. The first-order valence-electron chi connectivity index (χ1n) is 16.7. The third-order valence-electron chi connectivity index (χ3n) is 9.05. The average Bonchev–Trinajstić information content (AvgIpc) is 3.64. The molecule has 2 aliphatic rings. The Morgan fingerprint density at radius 2 is 1.75 bits per heavy atom. The van der Waals surface area contributed by atoms with Gasteiger partial charge in [0.05, 0.1) is 23.9 Å². The van der Waals surface area contributed by atoms with Gasteiger partial charge in [0.2, 0.25) is 5.88 Å². The Balaban J connectivity index is 1.38. The Morgan fingerprint density at radius 3 is 2.49 bits per heavy atom. The maximum absolute atomic E-state index is 13.8. The van der Waals surface area contributed by atoms with Crippen molar-refractivity contribution >= 4 is 27.6 Å². The van der Waals surface area contributed by atoms with Crippen LogP contribution in [0.1, 0.15) is 88.1 Å². The van der Waals surface area contributed by atoms with Crippen LogP contribution in [0.4, 0.5) is 24.8 Å². The Hall–Kier alpha value is -4.73. The van der Waals surface area contributed by atoms with Crippen LogP contribution in [0.3, 0.4) is 0 Å². The lowest BCUT2D eigenvalue weighted by atomic mass is 9.91. The maximum atomic E-state index is 13.8. The summed E-state index contributed by atoms with van der Waals surface area (Å²) in [7, 11) is -4.50. The zero-order valence-electron chi connectivity index (χ0n) is 29.0. The number of sulfonamides is 1. The smallest absolute Gasteiger partial charge is 0.433 e. The molecule has 0 aromatic carbocycles. The van der Waals surface area contributed by atoms with E-state index in [1.807, 2.05) is 18.7 Å². The summed E-state index contributed by atoms with van der Waals surface area (Å²) in [6.07, 6.45) is -0.515. The zero-order chi connectivity index (χ0) is 36.8. The van der Waals surface area contributed by atoms with Crippen molar-refractivity contribution in [3.05, 3.63) is 77.7 Å². The summed E-state index contributed by atoms with van der Waals surface area (Å²) in [6, 6.07) is 12.0. The van der Waals surface area contributed by atoms with Crippen molar-refractivity contribution in [1.82, 2.24) is 29.5 Å². The third kappa shape index (κ3) is 8.26. The number of pyridine rings is 3. The molecular weight excluding hydrogens is 685 g/mol. The molecule has 0 saturated carbocycles. The van der Waals surface area contributed by atoms with Crippen LogP contribution in [0.2, 0.25) is 0 Å². The van der Waals surface area contributed by atoms with Crippen LogP contribution < -0.4 is 19.7 Å². The highest BCUT2D eigenvalue weighted by Crippen LogP contribution is 2.41. The number of aromatic nitrogens is 5. The second-order valence-corrected chi connectivity index (χ2v) is 16.4. The van der Waals surface area contributed by atoms with Crippen LogP contribution in [0.5, 0.6) is 5.88 Å². The SMILES string of the molecule is CC(C)(C)CCOc1ccn(-c2ccc3c(n2)N2C[C@@H](CC[C@H](c4cccc(C(F)(F)F)n4)Nc4cccc(n4)S(=O)(=O)NC3=O)CC2(C)C)n1. The van der Waals surface area contributed by atoms with E-state index in [2.05, 4.69) is 45.9 Å². The number of rotatable bonds is 5. The van der Waals surface area contributed by atoms with Gasteiger partial charge in [0.25, 0.3) is 15.9 Å². The Bertz CT molecular complexity index is 2030. The van der Waals surface area contributed by atoms with Gasteiger partial charge in [-0.05, 0) is 87.3 Å². The molecule has 1 amide bonds. The number of amides is 1. The number of hydrogen-bond acceptors (Lipinski definition) is 10. The molecule has 2 aliphatic heterocycles. The highest BCUT2D eigenvalue weighted by Gasteiger charge is 2.41. The van der Waals surface area contributed by atoms with Gasteiger partial charge < -0.3 is 15.0 Å². The van der Waals surface area contributed by atoms with Crippen LogP contribution in [-0.2, 0) is 16.2 Å². The number of nitrogens with zero attached hydrogens (tertiary/aromatic N) is 6. The van der Waals surface area contributed by atoms with Gasteiger partial charge in [0, 0.05) is 24.3 Å². The van der Waals surface area contributed by atoms with E-state index in [1.54, 1.807) is 18.3 Å². The van der Waals surface area contributed by atoms with E-state index in [4.69, 9.17) is 9.72 Å². The van der Waals surface area contributed by atoms with Gasteiger partial charge in [-0.25, -0.2) is 24.4 Å². The summed E-state index contributed by atoms with van der Waals surface area (Å²) in [6.45, 7) is 11.3. The molecule has 6 heterocycles. The normalized spacial score (nSPS) is 20.4. The van der Waals surface area contributed by atoms with Crippen molar-refractivity contribution in [2.24, 2.45) is 11.3 Å². The van der Waals surface area contributed by atoms with Gasteiger partial charge in [0.15, 0.2) is 10.8 Å². The minimum Gasteiger partial charge on any atom is -0.477 e. The average molecular weight is 727 g/mol. The van der Waals surface area contributed by atoms with Crippen molar-refractivity contribution in [3.8, 4) is 11.7 Å². The molecule has 1 fully saturated rings. The van der Waals surface area contributed by atoms with Crippen LogP contribution in [0.25, 0.3) is 5.82 Å². The minimum absolute atomic E-state index is 0.0390. The summed E-state index contributed by atoms with van der Waals surface area (Å²) in [5, 5.41) is 7.19. The Morgan fingerprint density at radius 1 is 0.980 bits per heavy atom. The van der Waals surface area contributed by atoms with Gasteiger partial charge in [-0.3, -0.25) is 4.79 Å². The first-order chi connectivity index (χ1) is 23.9. The fourth-order valence-corrected chi connectivity index (χ4v) is 7.36. The first-order valence-corrected chi connectivity index (χ1v) is 18.2. The molecule has 16 heteroatoms. The molecule has 2 N–H and O–H groups in total. The quantitative estimate of drug-likeness (QED) is 0.232. The molecule has 1 saturated heterocycles. The fourth-order valence-electron chi connectivity index (χ4n) is 6.43. The van der Waals surface area contributed by atoms with Gasteiger partial charge in [-0.1, -0.05) is 32.9 Å². The molecule has 0 radical (unpaired) electrons. The largest absolute Gasteiger partial charge is 0.477 e. The van der Waals surface area contributed by atoms with E-state index >= 15 is 0 Å². The predicted octanol–water partition coefficient (Wildman–Crippen LogP) is 6.56. The van der Waals surface area contributed by atoms with Crippen LogP contribution in [0, 0.1) is 11.3 Å². The van der Waals surface area contributed by atoms with E-state index < -0.39 is 44.4 Å². The summed E-state index contributed by atoms with van der Waals surface area (Å²) in [5.74, 6) is 0.320. The second-order valence-electron chi connectivity index (χ2n) is 14.8. The molecule has 12 nitrogen and oxygen atoms in total. The molecule has 2 atom stereocenters. The standard InChI is InChI=1S/C35H41F3N8O4S/c1-33(2,3)17-19-50-29-16-18-46(43-29)28-15-13-23-31(42-28)45-21-22(20-34(45,4)5)12-14-25(24-8-6-9-26(39-24)35(36,37)38)40-27-10-7-11-30(41-27)51(48,49)44-32(23)47/h6-11,13,15-16,18,22,25H,12,14,17,19-21H2,1-5H3,(H,40,41)(H,44,47)/t22-,25+/m0/s1. The summed E-state index contributed by atoms with van der Waals surface area (Å²) < 4.78 is 77.5. The van der Waals surface area contributed by atoms with E-state index in [0.717, 1.165) is 12.5 Å². The number of halogens is 3. The molecule has 4 aromatic rings. The Labute approximate surface area is 294 Å². The van der Waals surface area contributed by atoms with Crippen LogP contribution in [0.15, 0.2) is 65.8 Å². The lowest BCUT2D eigenvalue weighted by Crippen LogP contribution is -2.41. The number of carbonyl (C=O) groups is 1. The van der Waals surface area contributed by atoms with Gasteiger partial charge in [-0.15, -0.1) is 5.10 Å². The molecule has 0 aliphatic carbocycles. The molecule has 0 spiro atoms. The van der Waals surface area contributed by atoms with Gasteiger partial charge in [-0.2, -0.15) is 21.6 Å². The second kappa shape index (κ2) is 13.4. The van der Waals surface area contributed by atoms with Gasteiger partial charge in [0.1, 0.15) is 17.3 Å². The minimum atomic E-state index is -4.65. The van der Waals surface area contributed by atoms with Crippen LogP contribution in [-0.4, -0.2) is 57.7 Å². The lowest BCUT2D eigenvalue weighted by molar-refractivity contribution is -0.141. The molecule has 4 aromatic heterocycles. The highest BCUT2D eigenvalue weighted by molar-refractivity contribution is 7.90. The number of carbonyl (C=O) groups excluding carboxylic acids is 1. The van der Waals surface area contributed by atoms with Crippen molar-refractivity contribution in [2.75, 3.05) is 23.4 Å².